The van der Waals surface area contributed by atoms with Gasteiger partial charge in [-0.15, -0.1) is 0 Å². The second-order valence-electron chi connectivity index (χ2n) is 6.67. The number of amides is 2. The third-order valence-electron chi connectivity index (χ3n) is 4.98. The lowest BCUT2D eigenvalue weighted by molar-refractivity contribution is -0.141. The predicted molar refractivity (Wildman–Crippen MR) is 89.3 cm³/mol. The Bertz CT molecular complexity index is 682. The highest BCUT2D eigenvalue weighted by atomic mass is 16.5. The van der Waals surface area contributed by atoms with Crippen molar-refractivity contribution in [3.63, 3.8) is 0 Å². The van der Waals surface area contributed by atoms with Gasteiger partial charge >= 0.3 is 5.97 Å². The first-order chi connectivity index (χ1) is 12.0. The summed E-state index contributed by atoms with van der Waals surface area (Å²) in [6, 6.07) is 4.66. The van der Waals surface area contributed by atoms with Crippen LogP contribution < -0.4 is 4.74 Å². The monoisotopic (exact) mass is 346 g/mol. The standard InChI is InChI=1S/C18H22N2O5/c1-12-10-25-16-8-14(18(23)24)2-3-15(16)9-20(12)17(22)13-4-6-19(11-21)7-5-13/h2-3,8,11-13H,4-7,9-10H2,1H3,(H,23,24). The summed E-state index contributed by atoms with van der Waals surface area (Å²) in [6.45, 7) is 3.88. The van der Waals surface area contributed by atoms with Crippen LogP contribution in [0.1, 0.15) is 35.7 Å². The van der Waals surface area contributed by atoms with Gasteiger partial charge in [-0.25, -0.2) is 4.79 Å². The molecule has 2 aliphatic rings. The van der Waals surface area contributed by atoms with Crippen molar-refractivity contribution in [1.29, 1.82) is 0 Å². The van der Waals surface area contributed by atoms with Gasteiger partial charge in [0.1, 0.15) is 12.4 Å². The second-order valence-corrected chi connectivity index (χ2v) is 6.67. The van der Waals surface area contributed by atoms with Crippen LogP contribution in [0, 0.1) is 5.92 Å². The van der Waals surface area contributed by atoms with Gasteiger partial charge in [0, 0.05) is 31.1 Å². The molecule has 2 aliphatic heterocycles. The maximum absolute atomic E-state index is 13.0. The normalized spacial score (nSPS) is 21.1. The molecule has 0 bridgehead atoms. The van der Waals surface area contributed by atoms with E-state index in [0.29, 0.717) is 44.8 Å². The molecule has 0 aromatic heterocycles. The topological polar surface area (TPSA) is 87.2 Å². The van der Waals surface area contributed by atoms with Crippen LogP contribution >= 0.6 is 0 Å². The summed E-state index contributed by atoms with van der Waals surface area (Å²) >= 11 is 0. The summed E-state index contributed by atoms with van der Waals surface area (Å²) in [5, 5.41) is 9.11. The molecule has 7 heteroatoms. The Morgan fingerprint density at radius 1 is 1.28 bits per heavy atom. The van der Waals surface area contributed by atoms with E-state index in [-0.39, 0.29) is 23.4 Å². The third-order valence-corrected chi connectivity index (χ3v) is 4.98. The van der Waals surface area contributed by atoms with E-state index in [2.05, 4.69) is 0 Å². The largest absolute Gasteiger partial charge is 0.491 e. The number of rotatable bonds is 3. The van der Waals surface area contributed by atoms with E-state index < -0.39 is 5.97 Å². The number of nitrogens with zero attached hydrogens (tertiary/aromatic N) is 2. The molecule has 25 heavy (non-hydrogen) atoms. The Kier molecular flexibility index (Phi) is 4.92. The summed E-state index contributed by atoms with van der Waals surface area (Å²) in [5.41, 5.74) is 0.987. The van der Waals surface area contributed by atoms with E-state index in [1.165, 1.54) is 12.1 Å². The lowest BCUT2D eigenvalue weighted by Crippen LogP contribution is -2.46. The number of carbonyl (C=O) groups is 3. The zero-order valence-corrected chi connectivity index (χ0v) is 14.2. The highest BCUT2D eigenvalue weighted by Gasteiger charge is 2.32. The summed E-state index contributed by atoms with van der Waals surface area (Å²) in [4.78, 5) is 38.4. The summed E-state index contributed by atoms with van der Waals surface area (Å²) < 4.78 is 5.74. The highest BCUT2D eigenvalue weighted by molar-refractivity contribution is 5.88. The minimum absolute atomic E-state index is 0.0804. The van der Waals surface area contributed by atoms with Gasteiger partial charge in [0.15, 0.2) is 0 Å². The zero-order valence-electron chi connectivity index (χ0n) is 14.2. The Morgan fingerprint density at radius 3 is 2.64 bits per heavy atom. The average Bonchev–Trinajstić information content (AvgIpc) is 2.80. The van der Waals surface area contributed by atoms with Crippen molar-refractivity contribution in [2.75, 3.05) is 19.7 Å². The van der Waals surface area contributed by atoms with Crippen molar-refractivity contribution < 1.29 is 24.2 Å². The fraction of sp³-hybridized carbons (Fsp3) is 0.500. The minimum Gasteiger partial charge on any atom is -0.491 e. The molecule has 2 heterocycles. The molecule has 0 saturated carbocycles. The number of carboxylic acids is 1. The molecule has 2 amide bonds. The zero-order chi connectivity index (χ0) is 18.0. The van der Waals surface area contributed by atoms with Gasteiger partial charge < -0.3 is 19.6 Å². The van der Waals surface area contributed by atoms with Crippen LogP contribution in [0.4, 0.5) is 0 Å². The second kappa shape index (κ2) is 7.13. The number of fused-ring (bicyclic) bond motifs is 1. The molecule has 1 unspecified atom stereocenters. The smallest absolute Gasteiger partial charge is 0.335 e. The number of carbonyl (C=O) groups excluding carboxylic acids is 2. The van der Waals surface area contributed by atoms with Gasteiger partial charge in [0.25, 0.3) is 0 Å². The SMILES string of the molecule is CC1COc2cc(C(=O)O)ccc2CN1C(=O)C1CCN(C=O)CC1. The number of piperidine rings is 1. The summed E-state index contributed by atoms with van der Waals surface area (Å²) in [5.74, 6) is -0.480. The van der Waals surface area contributed by atoms with E-state index in [0.717, 1.165) is 12.0 Å². The van der Waals surface area contributed by atoms with E-state index in [1.54, 1.807) is 11.0 Å². The average molecular weight is 346 g/mol. The molecule has 1 aromatic carbocycles. The van der Waals surface area contributed by atoms with Gasteiger partial charge in [0.05, 0.1) is 11.6 Å². The van der Waals surface area contributed by atoms with Gasteiger partial charge in [-0.05, 0) is 31.9 Å². The maximum Gasteiger partial charge on any atom is 0.335 e. The predicted octanol–water partition coefficient (Wildman–Crippen LogP) is 1.36. The number of aromatic carboxylic acids is 1. The molecule has 0 aliphatic carbocycles. The van der Waals surface area contributed by atoms with Crippen molar-refractivity contribution >= 4 is 18.3 Å². The Morgan fingerprint density at radius 2 is 2.00 bits per heavy atom. The van der Waals surface area contributed by atoms with Crippen molar-refractivity contribution in [3.8, 4) is 5.75 Å². The molecule has 1 atom stereocenters. The summed E-state index contributed by atoms with van der Waals surface area (Å²) in [7, 11) is 0. The first kappa shape index (κ1) is 17.3. The van der Waals surface area contributed by atoms with Gasteiger partial charge in [-0.1, -0.05) is 6.07 Å². The molecular weight excluding hydrogens is 324 g/mol. The maximum atomic E-state index is 13.0. The molecule has 0 spiro atoms. The van der Waals surface area contributed by atoms with Gasteiger partial charge in [-0.3, -0.25) is 9.59 Å². The van der Waals surface area contributed by atoms with Gasteiger partial charge in [0.2, 0.25) is 12.3 Å². The van der Waals surface area contributed by atoms with Crippen molar-refractivity contribution in [3.05, 3.63) is 29.3 Å². The lowest BCUT2D eigenvalue weighted by Gasteiger charge is -2.34. The number of carboxylic acid groups (broad SMARTS) is 1. The number of ether oxygens (including phenoxy) is 1. The number of benzene rings is 1. The molecule has 134 valence electrons. The van der Waals surface area contributed by atoms with Crippen LogP contribution in [0.3, 0.4) is 0 Å². The van der Waals surface area contributed by atoms with E-state index in [1.807, 2.05) is 11.8 Å². The molecule has 1 aromatic rings. The molecular formula is C18H22N2O5. The van der Waals surface area contributed by atoms with Crippen LogP contribution in [0.25, 0.3) is 0 Å². The number of hydrogen-bond acceptors (Lipinski definition) is 4. The molecule has 0 radical (unpaired) electrons. The number of hydrogen-bond donors (Lipinski definition) is 1. The molecule has 1 N–H and O–H groups in total. The van der Waals surface area contributed by atoms with Crippen LogP contribution in [0.2, 0.25) is 0 Å². The fourth-order valence-electron chi connectivity index (χ4n) is 3.37. The Hall–Kier alpha value is -2.57. The van der Waals surface area contributed by atoms with E-state index >= 15 is 0 Å². The van der Waals surface area contributed by atoms with Crippen LogP contribution in [0.5, 0.6) is 5.75 Å². The van der Waals surface area contributed by atoms with Crippen molar-refractivity contribution in [1.82, 2.24) is 9.80 Å². The molecule has 1 saturated heterocycles. The van der Waals surface area contributed by atoms with Crippen LogP contribution in [-0.4, -0.2) is 58.9 Å². The quantitative estimate of drug-likeness (QED) is 0.835. The first-order valence-corrected chi connectivity index (χ1v) is 8.48. The number of likely N-dealkylation sites (tertiary alicyclic amines) is 1. The third kappa shape index (κ3) is 3.60. The van der Waals surface area contributed by atoms with Crippen LogP contribution in [0.15, 0.2) is 18.2 Å². The molecule has 7 nitrogen and oxygen atoms in total. The molecule has 1 fully saturated rings. The fourth-order valence-corrected chi connectivity index (χ4v) is 3.37. The Labute approximate surface area is 146 Å². The summed E-state index contributed by atoms with van der Waals surface area (Å²) in [6.07, 6.45) is 2.18. The highest BCUT2D eigenvalue weighted by Crippen LogP contribution is 2.29. The molecule has 3 rings (SSSR count). The van der Waals surface area contributed by atoms with Crippen molar-refractivity contribution in [2.24, 2.45) is 5.92 Å². The first-order valence-electron chi connectivity index (χ1n) is 8.48. The van der Waals surface area contributed by atoms with E-state index in [9.17, 15) is 14.4 Å². The Balaban J connectivity index is 1.76. The van der Waals surface area contributed by atoms with E-state index in [4.69, 9.17) is 9.84 Å². The van der Waals surface area contributed by atoms with Gasteiger partial charge in [-0.2, -0.15) is 0 Å². The van der Waals surface area contributed by atoms with Crippen LogP contribution in [-0.2, 0) is 16.1 Å². The lowest BCUT2D eigenvalue weighted by atomic mass is 9.94. The minimum atomic E-state index is -1.00. The van der Waals surface area contributed by atoms with Crippen molar-refractivity contribution in [2.45, 2.75) is 32.4 Å².